The van der Waals surface area contributed by atoms with E-state index in [0.29, 0.717) is 22.5 Å². The SMILES string of the molecule is Cc1ccc(N2C(=O)c3c(C)nc4ccccc4c3C2=O)cc1. The first-order valence-corrected chi connectivity index (χ1v) is 7.42. The molecule has 2 amide bonds. The predicted octanol–water partition coefficient (Wildman–Crippen LogP) is 3.65. The van der Waals surface area contributed by atoms with Gasteiger partial charge in [0.25, 0.3) is 11.8 Å². The fraction of sp³-hybridized carbons (Fsp3) is 0.105. The Hall–Kier alpha value is -3.01. The highest BCUT2D eigenvalue weighted by atomic mass is 16.2. The van der Waals surface area contributed by atoms with Crippen molar-refractivity contribution in [1.29, 1.82) is 0 Å². The molecule has 0 saturated heterocycles. The van der Waals surface area contributed by atoms with Crippen LogP contribution in [0.3, 0.4) is 0 Å². The van der Waals surface area contributed by atoms with Crippen LogP contribution in [-0.4, -0.2) is 16.8 Å². The molecule has 1 aliphatic heterocycles. The summed E-state index contributed by atoms with van der Waals surface area (Å²) in [5, 5.41) is 0.723. The number of benzene rings is 2. The fourth-order valence-electron chi connectivity index (χ4n) is 3.06. The van der Waals surface area contributed by atoms with Gasteiger partial charge in [-0.15, -0.1) is 0 Å². The van der Waals surface area contributed by atoms with Gasteiger partial charge in [-0.1, -0.05) is 35.9 Å². The van der Waals surface area contributed by atoms with Crippen LogP contribution in [-0.2, 0) is 0 Å². The number of pyridine rings is 1. The highest BCUT2D eigenvalue weighted by molar-refractivity contribution is 6.37. The number of hydrogen-bond acceptors (Lipinski definition) is 3. The highest BCUT2D eigenvalue weighted by Gasteiger charge is 2.39. The molecule has 0 unspecified atom stereocenters. The lowest BCUT2D eigenvalue weighted by atomic mass is 10.0. The second-order valence-electron chi connectivity index (χ2n) is 5.75. The van der Waals surface area contributed by atoms with Crippen LogP contribution < -0.4 is 4.90 Å². The van der Waals surface area contributed by atoms with Crippen LogP contribution in [0.25, 0.3) is 10.9 Å². The van der Waals surface area contributed by atoms with Crippen molar-refractivity contribution in [3.63, 3.8) is 0 Å². The first-order chi connectivity index (χ1) is 11.1. The van der Waals surface area contributed by atoms with Gasteiger partial charge in [0.1, 0.15) is 0 Å². The van der Waals surface area contributed by atoms with Crippen LogP contribution in [0.1, 0.15) is 32.0 Å². The molecule has 0 fully saturated rings. The molecule has 112 valence electrons. The Balaban J connectivity index is 1.97. The average molecular weight is 302 g/mol. The smallest absolute Gasteiger partial charge is 0.268 e. The molecule has 0 spiro atoms. The molecule has 0 saturated carbocycles. The summed E-state index contributed by atoms with van der Waals surface area (Å²) in [5.74, 6) is -0.583. The van der Waals surface area contributed by atoms with Gasteiger partial charge in [-0.2, -0.15) is 0 Å². The van der Waals surface area contributed by atoms with Crippen LogP contribution in [0, 0.1) is 13.8 Å². The van der Waals surface area contributed by atoms with Crippen molar-refractivity contribution in [2.75, 3.05) is 4.90 Å². The minimum atomic E-state index is -0.301. The van der Waals surface area contributed by atoms with E-state index in [-0.39, 0.29) is 11.8 Å². The molecule has 4 rings (SSSR count). The first kappa shape index (κ1) is 13.6. The number of amides is 2. The van der Waals surface area contributed by atoms with E-state index in [9.17, 15) is 9.59 Å². The summed E-state index contributed by atoms with van der Waals surface area (Å²) < 4.78 is 0. The molecule has 1 aliphatic rings. The minimum absolute atomic E-state index is 0.282. The topological polar surface area (TPSA) is 50.3 Å². The zero-order valence-electron chi connectivity index (χ0n) is 12.8. The summed E-state index contributed by atoms with van der Waals surface area (Å²) in [6, 6.07) is 14.8. The average Bonchev–Trinajstić information content (AvgIpc) is 2.81. The molecule has 0 atom stereocenters. The summed E-state index contributed by atoms with van der Waals surface area (Å²) in [4.78, 5) is 31.5. The van der Waals surface area contributed by atoms with Gasteiger partial charge >= 0.3 is 0 Å². The van der Waals surface area contributed by atoms with Crippen LogP contribution in [0.4, 0.5) is 5.69 Å². The molecular formula is C19H14N2O2. The third-order valence-electron chi connectivity index (χ3n) is 4.20. The Morgan fingerprint density at radius 1 is 0.826 bits per heavy atom. The standard InChI is InChI=1S/C19H14N2O2/c1-11-7-9-13(10-8-11)21-18(22)16-12(2)20-15-6-4-3-5-14(15)17(16)19(21)23/h3-10H,1-2H3. The Bertz CT molecular complexity index is 975. The third-order valence-corrected chi connectivity index (χ3v) is 4.20. The molecule has 0 aliphatic carbocycles. The first-order valence-electron chi connectivity index (χ1n) is 7.42. The largest absolute Gasteiger partial charge is 0.268 e. The summed E-state index contributed by atoms with van der Waals surface area (Å²) in [7, 11) is 0. The number of nitrogens with zero attached hydrogens (tertiary/aromatic N) is 2. The van der Waals surface area contributed by atoms with Crippen molar-refractivity contribution in [2.45, 2.75) is 13.8 Å². The van der Waals surface area contributed by atoms with Crippen LogP contribution in [0.2, 0.25) is 0 Å². The zero-order valence-corrected chi connectivity index (χ0v) is 12.8. The van der Waals surface area contributed by atoms with Crippen LogP contribution in [0.5, 0.6) is 0 Å². The normalized spacial score (nSPS) is 13.7. The van der Waals surface area contributed by atoms with Gasteiger partial charge < -0.3 is 0 Å². The highest BCUT2D eigenvalue weighted by Crippen LogP contribution is 2.34. The predicted molar refractivity (Wildman–Crippen MR) is 88.8 cm³/mol. The Kier molecular flexibility index (Phi) is 2.81. The van der Waals surface area contributed by atoms with E-state index >= 15 is 0 Å². The van der Waals surface area contributed by atoms with Crippen molar-refractivity contribution in [3.8, 4) is 0 Å². The maximum atomic E-state index is 12.9. The van der Waals surface area contributed by atoms with Crippen LogP contribution >= 0.6 is 0 Å². The van der Waals surface area contributed by atoms with E-state index in [2.05, 4.69) is 4.98 Å². The number of rotatable bonds is 1. The van der Waals surface area contributed by atoms with Crippen molar-refractivity contribution in [1.82, 2.24) is 4.98 Å². The van der Waals surface area contributed by atoms with Crippen molar-refractivity contribution >= 4 is 28.4 Å². The van der Waals surface area contributed by atoms with Crippen molar-refractivity contribution in [3.05, 3.63) is 70.9 Å². The number of aromatic nitrogens is 1. The maximum absolute atomic E-state index is 12.9. The quantitative estimate of drug-likeness (QED) is 0.645. The van der Waals surface area contributed by atoms with E-state index in [4.69, 9.17) is 0 Å². The maximum Gasteiger partial charge on any atom is 0.268 e. The molecule has 0 N–H and O–H groups in total. The molecule has 4 nitrogen and oxygen atoms in total. The van der Waals surface area contributed by atoms with Gasteiger partial charge in [-0.05, 0) is 32.0 Å². The molecule has 2 heterocycles. The summed E-state index contributed by atoms with van der Waals surface area (Å²) in [6.07, 6.45) is 0. The molecule has 3 aromatic rings. The Morgan fingerprint density at radius 3 is 2.22 bits per heavy atom. The Labute approximate surface area is 133 Å². The molecule has 0 bridgehead atoms. The number of para-hydroxylation sites is 1. The fourth-order valence-corrected chi connectivity index (χ4v) is 3.06. The number of carbonyl (C=O) groups excluding carboxylic acids is 2. The molecule has 1 aromatic heterocycles. The summed E-state index contributed by atoms with van der Waals surface area (Å²) >= 11 is 0. The second kappa shape index (κ2) is 4.74. The van der Waals surface area contributed by atoms with Gasteiger partial charge in [-0.25, -0.2) is 4.90 Å². The zero-order chi connectivity index (χ0) is 16.1. The number of aryl methyl sites for hydroxylation is 2. The molecular weight excluding hydrogens is 288 g/mol. The number of fused-ring (bicyclic) bond motifs is 3. The minimum Gasteiger partial charge on any atom is -0.268 e. The third kappa shape index (κ3) is 1.88. The van der Waals surface area contributed by atoms with Crippen molar-refractivity contribution in [2.24, 2.45) is 0 Å². The Morgan fingerprint density at radius 2 is 1.48 bits per heavy atom. The lowest BCUT2D eigenvalue weighted by Gasteiger charge is -2.13. The molecule has 0 radical (unpaired) electrons. The monoisotopic (exact) mass is 302 g/mol. The van der Waals surface area contributed by atoms with Crippen molar-refractivity contribution < 1.29 is 9.59 Å². The number of anilines is 1. The molecule has 23 heavy (non-hydrogen) atoms. The van der Waals surface area contributed by atoms with Gasteiger partial charge in [0.15, 0.2) is 0 Å². The number of hydrogen-bond donors (Lipinski definition) is 0. The lowest BCUT2D eigenvalue weighted by Crippen LogP contribution is -2.29. The van der Waals surface area contributed by atoms with Crippen LogP contribution in [0.15, 0.2) is 48.5 Å². The van der Waals surface area contributed by atoms with Gasteiger partial charge in [0.2, 0.25) is 0 Å². The van der Waals surface area contributed by atoms with E-state index in [0.717, 1.165) is 16.5 Å². The van der Waals surface area contributed by atoms with E-state index in [1.165, 1.54) is 4.90 Å². The number of imide groups is 1. The summed E-state index contributed by atoms with van der Waals surface area (Å²) in [6.45, 7) is 3.74. The van der Waals surface area contributed by atoms with Gasteiger partial charge in [-0.3, -0.25) is 14.6 Å². The van der Waals surface area contributed by atoms with E-state index in [1.54, 1.807) is 19.1 Å². The van der Waals surface area contributed by atoms with E-state index in [1.807, 2.05) is 43.3 Å². The number of carbonyl (C=O) groups is 2. The second-order valence-corrected chi connectivity index (χ2v) is 5.75. The molecule has 2 aromatic carbocycles. The van der Waals surface area contributed by atoms with Gasteiger partial charge in [0, 0.05) is 5.39 Å². The van der Waals surface area contributed by atoms with E-state index < -0.39 is 0 Å². The molecule has 4 heteroatoms. The lowest BCUT2D eigenvalue weighted by molar-refractivity contribution is 0.0926. The summed E-state index contributed by atoms with van der Waals surface area (Å²) in [5.41, 5.74) is 3.86. The van der Waals surface area contributed by atoms with Gasteiger partial charge in [0.05, 0.1) is 28.0 Å².